The number of aromatic nitrogens is 3. The average Bonchev–Trinajstić information content (AvgIpc) is 3.13. The maximum atomic E-state index is 9.23. The van der Waals surface area contributed by atoms with Crippen LogP contribution in [0, 0.1) is 18.3 Å². The van der Waals surface area contributed by atoms with Crippen LogP contribution >= 0.6 is 11.8 Å². The van der Waals surface area contributed by atoms with E-state index in [1.165, 1.54) is 17.4 Å². The molecule has 5 nitrogen and oxygen atoms in total. The van der Waals surface area contributed by atoms with Crippen LogP contribution in [-0.4, -0.2) is 33.1 Å². The molecule has 0 amide bonds. The molecule has 2 aromatic carbocycles. The van der Waals surface area contributed by atoms with Gasteiger partial charge in [-0.3, -0.25) is 4.57 Å². The fourth-order valence-corrected chi connectivity index (χ4v) is 3.91. The zero-order chi connectivity index (χ0) is 20.1. The summed E-state index contributed by atoms with van der Waals surface area (Å²) in [5.74, 6) is 0.785. The first-order chi connectivity index (χ1) is 13.6. The zero-order valence-electron chi connectivity index (χ0n) is 16.8. The number of rotatable bonds is 7. The predicted molar refractivity (Wildman–Crippen MR) is 116 cm³/mol. The van der Waals surface area contributed by atoms with E-state index in [4.69, 9.17) is 0 Å². The Hall–Kier alpha value is -2.78. The van der Waals surface area contributed by atoms with Gasteiger partial charge in [0.05, 0.1) is 17.0 Å². The lowest BCUT2D eigenvalue weighted by Gasteiger charge is -2.21. The quantitative estimate of drug-likeness (QED) is 0.525. The van der Waals surface area contributed by atoms with E-state index in [1.807, 2.05) is 19.1 Å². The maximum absolute atomic E-state index is 9.23. The number of hydrogen-bond donors (Lipinski definition) is 0. The molecule has 0 radical (unpaired) electrons. The van der Waals surface area contributed by atoms with E-state index < -0.39 is 0 Å². The highest BCUT2D eigenvalue weighted by molar-refractivity contribution is 8.00. The first-order valence-electron chi connectivity index (χ1n) is 9.52. The number of para-hydroxylation sites is 1. The Morgan fingerprint density at radius 3 is 2.36 bits per heavy atom. The lowest BCUT2D eigenvalue weighted by molar-refractivity contribution is 0.866. The average molecular weight is 392 g/mol. The van der Waals surface area contributed by atoms with Crippen LogP contribution < -0.4 is 4.90 Å². The summed E-state index contributed by atoms with van der Waals surface area (Å²) in [4.78, 5) is 2.31. The summed E-state index contributed by atoms with van der Waals surface area (Å²) in [6, 6.07) is 18.9. The van der Waals surface area contributed by atoms with Gasteiger partial charge in [0.15, 0.2) is 11.0 Å². The fraction of sp³-hybridized carbons (Fsp3) is 0.318. The molecule has 0 unspecified atom stereocenters. The van der Waals surface area contributed by atoms with Crippen LogP contribution in [0.1, 0.15) is 26.3 Å². The topological polar surface area (TPSA) is 57.7 Å². The van der Waals surface area contributed by atoms with Crippen LogP contribution in [0.4, 0.5) is 5.69 Å². The molecular weight excluding hydrogens is 366 g/mol. The molecule has 0 aliphatic rings. The van der Waals surface area contributed by atoms with E-state index in [9.17, 15) is 5.26 Å². The molecule has 0 saturated heterocycles. The summed E-state index contributed by atoms with van der Waals surface area (Å²) in [6.45, 7) is 10.2. The molecule has 0 aliphatic heterocycles. The van der Waals surface area contributed by atoms with Gasteiger partial charge in [0.1, 0.15) is 0 Å². The second-order valence-corrected chi connectivity index (χ2v) is 7.84. The molecule has 0 N–H and O–H groups in total. The molecule has 6 heteroatoms. The van der Waals surface area contributed by atoms with E-state index in [0.29, 0.717) is 0 Å². The number of hydrogen-bond acceptors (Lipinski definition) is 5. The molecule has 0 saturated carbocycles. The van der Waals surface area contributed by atoms with Crippen molar-refractivity contribution < 1.29 is 0 Å². The van der Waals surface area contributed by atoms with Gasteiger partial charge in [-0.05, 0) is 63.6 Å². The Morgan fingerprint density at radius 2 is 1.75 bits per heavy atom. The summed E-state index contributed by atoms with van der Waals surface area (Å²) >= 11 is 1.42. The molecule has 3 rings (SSSR count). The summed E-state index contributed by atoms with van der Waals surface area (Å²) in [5.41, 5.74) is 4.37. The molecule has 0 spiro atoms. The van der Waals surface area contributed by atoms with Gasteiger partial charge < -0.3 is 4.90 Å². The Bertz CT molecular complexity index is 967. The van der Waals surface area contributed by atoms with Crippen LogP contribution in [0.2, 0.25) is 0 Å². The van der Waals surface area contributed by atoms with Crippen molar-refractivity contribution in [1.82, 2.24) is 14.8 Å². The van der Waals surface area contributed by atoms with Gasteiger partial charge in [0.25, 0.3) is 0 Å². The minimum Gasteiger partial charge on any atom is -0.372 e. The number of thioether (sulfide) groups is 1. The standard InChI is InChI=1S/C22H25N5S/c1-5-26(6-2)19-13-11-18(12-14-19)21-24-25-22(28-17(4)15-23)27(21)20-10-8-7-9-16(20)3/h7-14,17H,5-6H2,1-4H3/t17-/m1/s1. The minimum absolute atomic E-state index is 0.204. The molecular formula is C22H25N5S. The smallest absolute Gasteiger partial charge is 0.197 e. The van der Waals surface area contributed by atoms with Gasteiger partial charge >= 0.3 is 0 Å². The third-order valence-corrected chi connectivity index (χ3v) is 5.64. The van der Waals surface area contributed by atoms with E-state index >= 15 is 0 Å². The second-order valence-electron chi connectivity index (χ2n) is 6.54. The van der Waals surface area contributed by atoms with Crippen LogP contribution in [-0.2, 0) is 0 Å². The van der Waals surface area contributed by atoms with E-state index in [2.05, 4.69) is 82.9 Å². The summed E-state index contributed by atoms with van der Waals surface area (Å²) in [7, 11) is 0. The normalized spacial score (nSPS) is 11.8. The Kier molecular flexibility index (Phi) is 6.37. The van der Waals surface area contributed by atoms with E-state index in [1.54, 1.807) is 0 Å². The first-order valence-corrected chi connectivity index (χ1v) is 10.4. The van der Waals surface area contributed by atoms with Gasteiger partial charge in [-0.1, -0.05) is 30.0 Å². The van der Waals surface area contributed by atoms with Crippen molar-refractivity contribution in [2.75, 3.05) is 18.0 Å². The Morgan fingerprint density at radius 1 is 1.07 bits per heavy atom. The van der Waals surface area contributed by atoms with Crippen molar-refractivity contribution in [2.24, 2.45) is 0 Å². The molecule has 1 aromatic heterocycles. The Balaban J connectivity index is 2.09. The van der Waals surface area contributed by atoms with Crippen molar-refractivity contribution in [2.45, 2.75) is 38.1 Å². The van der Waals surface area contributed by atoms with E-state index in [0.717, 1.165) is 40.9 Å². The monoisotopic (exact) mass is 391 g/mol. The number of benzene rings is 2. The largest absolute Gasteiger partial charge is 0.372 e. The van der Waals surface area contributed by atoms with Crippen molar-refractivity contribution in [3.8, 4) is 23.1 Å². The SMILES string of the molecule is CCN(CC)c1ccc(-c2nnc(S[C@H](C)C#N)n2-c2ccccc2C)cc1. The van der Waals surface area contributed by atoms with Gasteiger partial charge in [-0.2, -0.15) is 5.26 Å². The molecule has 1 heterocycles. The third-order valence-electron chi connectivity index (χ3n) is 4.71. The fourth-order valence-electron chi connectivity index (χ4n) is 3.16. The van der Waals surface area contributed by atoms with Gasteiger partial charge in [-0.25, -0.2) is 0 Å². The predicted octanol–water partition coefficient (Wildman–Crippen LogP) is 5.09. The molecule has 3 aromatic rings. The second kappa shape index (κ2) is 8.94. The lowest BCUT2D eigenvalue weighted by Crippen LogP contribution is -2.21. The summed E-state index contributed by atoms with van der Waals surface area (Å²) in [5, 5.41) is 18.6. The van der Waals surface area contributed by atoms with Crippen molar-refractivity contribution in [3.05, 3.63) is 54.1 Å². The van der Waals surface area contributed by atoms with Crippen LogP contribution in [0.25, 0.3) is 17.1 Å². The Labute approximate surface area is 171 Å². The number of nitriles is 1. The summed E-state index contributed by atoms with van der Waals surface area (Å²) < 4.78 is 2.06. The van der Waals surface area contributed by atoms with Crippen LogP contribution in [0.15, 0.2) is 53.7 Å². The van der Waals surface area contributed by atoms with Crippen molar-refractivity contribution in [1.29, 1.82) is 5.26 Å². The third kappa shape index (κ3) is 4.05. The highest BCUT2D eigenvalue weighted by atomic mass is 32.2. The van der Waals surface area contributed by atoms with Gasteiger partial charge in [0.2, 0.25) is 0 Å². The van der Waals surface area contributed by atoms with Crippen LogP contribution in [0.3, 0.4) is 0 Å². The number of aryl methyl sites for hydroxylation is 1. The molecule has 1 atom stereocenters. The van der Waals surface area contributed by atoms with Gasteiger partial charge in [0, 0.05) is 24.3 Å². The maximum Gasteiger partial charge on any atom is 0.197 e. The highest BCUT2D eigenvalue weighted by Gasteiger charge is 2.19. The molecule has 0 bridgehead atoms. The molecule has 0 aliphatic carbocycles. The number of anilines is 1. The summed E-state index contributed by atoms with van der Waals surface area (Å²) in [6.07, 6.45) is 0. The number of nitrogens with zero attached hydrogens (tertiary/aromatic N) is 5. The van der Waals surface area contributed by atoms with E-state index in [-0.39, 0.29) is 5.25 Å². The van der Waals surface area contributed by atoms with Crippen molar-refractivity contribution >= 4 is 17.4 Å². The van der Waals surface area contributed by atoms with Crippen molar-refractivity contribution in [3.63, 3.8) is 0 Å². The highest BCUT2D eigenvalue weighted by Crippen LogP contribution is 2.31. The lowest BCUT2D eigenvalue weighted by atomic mass is 10.1. The zero-order valence-corrected chi connectivity index (χ0v) is 17.6. The first kappa shape index (κ1) is 20.0. The van der Waals surface area contributed by atoms with Gasteiger partial charge in [-0.15, -0.1) is 10.2 Å². The minimum atomic E-state index is -0.204. The van der Waals surface area contributed by atoms with Crippen LogP contribution in [0.5, 0.6) is 0 Å². The molecule has 28 heavy (non-hydrogen) atoms. The molecule has 144 valence electrons. The molecule has 0 fully saturated rings.